The normalized spacial score (nSPS) is 19.2. The van der Waals surface area contributed by atoms with Gasteiger partial charge in [-0.3, -0.25) is 0 Å². The van der Waals surface area contributed by atoms with Crippen LogP contribution in [0.2, 0.25) is 0 Å². The Hall–Kier alpha value is -0.860. The van der Waals surface area contributed by atoms with Crippen LogP contribution in [0.5, 0.6) is 0 Å². The zero-order valence-electron chi connectivity index (χ0n) is 12.5. The smallest absolute Gasteiger partial charge is 0.00193 e. The van der Waals surface area contributed by atoms with Gasteiger partial charge < -0.3 is 10.2 Å². The predicted molar refractivity (Wildman–Crippen MR) is 82.6 cm³/mol. The van der Waals surface area contributed by atoms with Crippen molar-refractivity contribution in [3.8, 4) is 0 Å². The number of likely N-dealkylation sites (N-methyl/N-ethyl adjacent to an activating group) is 1. The van der Waals surface area contributed by atoms with E-state index < -0.39 is 0 Å². The molecule has 0 aliphatic carbocycles. The van der Waals surface area contributed by atoms with Crippen molar-refractivity contribution in [2.24, 2.45) is 5.92 Å². The summed E-state index contributed by atoms with van der Waals surface area (Å²) in [6.45, 7) is 7.05. The quantitative estimate of drug-likeness (QED) is 0.811. The highest BCUT2D eigenvalue weighted by Gasteiger charge is 2.15. The van der Waals surface area contributed by atoms with E-state index in [1.165, 1.54) is 63.0 Å². The monoisotopic (exact) mass is 260 g/mol. The molecule has 0 bridgehead atoms. The fourth-order valence-corrected chi connectivity index (χ4v) is 2.88. The number of benzene rings is 1. The summed E-state index contributed by atoms with van der Waals surface area (Å²) in [6.07, 6.45) is 4.95. The first-order valence-corrected chi connectivity index (χ1v) is 7.75. The Morgan fingerprint density at radius 1 is 1.16 bits per heavy atom. The first kappa shape index (κ1) is 14.5. The lowest BCUT2D eigenvalue weighted by molar-refractivity contribution is 0.288. The van der Waals surface area contributed by atoms with Gasteiger partial charge in [0, 0.05) is 13.1 Å². The molecule has 0 radical (unpaired) electrons. The lowest BCUT2D eigenvalue weighted by Crippen LogP contribution is -2.28. The largest absolute Gasteiger partial charge is 0.316 e. The number of nitrogens with zero attached hydrogens (tertiary/aromatic N) is 1. The third-order valence-electron chi connectivity index (χ3n) is 4.08. The number of hydrogen-bond donors (Lipinski definition) is 1. The van der Waals surface area contributed by atoms with Crippen molar-refractivity contribution in [1.82, 2.24) is 10.2 Å². The summed E-state index contributed by atoms with van der Waals surface area (Å²) in [5.74, 6) is 0.858. The van der Waals surface area contributed by atoms with Gasteiger partial charge in [-0.15, -0.1) is 0 Å². The van der Waals surface area contributed by atoms with Crippen LogP contribution in [-0.2, 0) is 12.8 Å². The molecule has 1 saturated heterocycles. The second kappa shape index (κ2) is 7.66. The maximum Gasteiger partial charge on any atom is 0.00193 e. The Labute approximate surface area is 118 Å². The summed E-state index contributed by atoms with van der Waals surface area (Å²) in [5, 5.41) is 3.44. The number of aryl methyl sites for hydroxylation is 1. The van der Waals surface area contributed by atoms with Crippen molar-refractivity contribution in [1.29, 1.82) is 0 Å². The first-order valence-electron chi connectivity index (χ1n) is 7.75. The maximum atomic E-state index is 3.44. The average molecular weight is 260 g/mol. The van der Waals surface area contributed by atoms with Gasteiger partial charge in [-0.2, -0.15) is 0 Å². The molecule has 2 nitrogen and oxygen atoms in total. The molecule has 0 saturated carbocycles. The van der Waals surface area contributed by atoms with E-state index in [4.69, 9.17) is 0 Å². The molecule has 0 spiro atoms. The molecule has 19 heavy (non-hydrogen) atoms. The molecule has 106 valence electrons. The summed E-state index contributed by atoms with van der Waals surface area (Å²) in [7, 11) is 2.25. The molecule has 1 atom stereocenters. The van der Waals surface area contributed by atoms with Crippen molar-refractivity contribution in [2.75, 3.05) is 33.2 Å². The molecule has 1 unspecified atom stereocenters. The Bertz CT molecular complexity index is 352. The maximum absolute atomic E-state index is 3.44. The van der Waals surface area contributed by atoms with Crippen molar-refractivity contribution in [3.63, 3.8) is 0 Å². The van der Waals surface area contributed by atoms with Crippen LogP contribution in [0.25, 0.3) is 0 Å². The molecule has 1 heterocycles. The molecule has 1 N–H and O–H groups in total. The Balaban J connectivity index is 1.71. The summed E-state index contributed by atoms with van der Waals surface area (Å²) >= 11 is 0. The van der Waals surface area contributed by atoms with E-state index in [1.54, 1.807) is 0 Å². The summed E-state index contributed by atoms with van der Waals surface area (Å²) in [5.41, 5.74) is 2.94. The minimum Gasteiger partial charge on any atom is -0.316 e. The van der Waals surface area contributed by atoms with Gasteiger partial charge >= 0.3 is 0 Å². The molecule has 0 aromatic heterocycles. The van der Waals surface area contributed by atoms with Gasteiger partial charge in [0.1, 0.15) is 0 Å². The lowest BCUT2D eigenvalue weighted by Gasteiger charge is -2.20. The molecule has 1 aromatic carbocycles. The molecule has 2 heteroatoms. The molecule has 2 rings (SSSR count). The van der Waals surface area contributed by atoms with Gasteiger partial charge in [0.2, 0.25) is 0 Å². The van der Waals surface area contributed by atoms with Crippen molar-refractivity contribution in [2.45, 2.75) is 32.6 Å². The van der Waals surface area contributed by atoms with Gasteiger partial charge in [-0.1, -0.05) is 37.6 Å². The van der Waals surface area contributed by atoms with Crippen LogP contribution < -0.4 is 5.32 Å². The number of rotatable bonds is 7. The average Bonchev–Trinajstić information content (AvgIpc) is 2.91. The SMILES string of the molecule is CCCc1ccc(CCN(C)CC2CCNC2)cc1. The van der Waals surface area contributed by atoms with Crippen LogP contribution in [0.4, 0.5) is 0 Å². The van der Waals surface area contributed by atoms with E-state index in [0.717, 1.165) is 5.92 Å². The van der Waals surface area contributed by atoms with Crippen LogP contribution in [0.15, 0.2) is 24.3 Å². The molecule has 1 aromatic rings. The minimum atomic E-state index is 0.858. The topological polar surface area (TPSA) is 15.3 Å². The van der Waals surface area contributed by atoms with Gasteiger partial charge in [-0.05, 0) is 56.4 Å². The first-order chi connectivity index (χ1) is 9.28. The highest BCUT2D eigenvalue weighted by Crippen LogP contribution is 2.10. The summed E-state index contributed by atoms with van der Waals surface area (Å²) < 4.78 is 0. The van der Waals surface area contributed by atoms with Gasteiger partial charge in [-0.25, -0.2) is 0 Å². The fraction of sp³-hybridized carbons (Fsp3) is 0.647. The summed E-state index contributed by atoms with van der Waals surface area (Å²) in [4.78, 5) is 2.48. The second-order valence-electron chi connectivity index (χ2n) is 5.94. The van der Waals surface area contributed by atoms with E-state index in [9.17, 15) is 0 Å². The van der Waals surface area contributed by atoms with E-state index in [2.05, 4.69) is 48.5 Å². The molecule has 0 amide bonds. The second-order valence-corrected chi connectivity index (χ2v) is 5.94. The zero-order valence-corrected chi connectivity index (χ0v) is 12.5. The molecular formula is C17H28N2. The standard InChI is InChI=1S/C17H28N2/c1-3-4-15-5-7-16(8-6-15)10-12-19(2)14-17-9-11-18-13-17/h5-8,17-18H,3-4,9-14H2,1-2H3. The van der Waals surface area contributed by atoms with Crippen molar-refractivity contribution < 1.29 is 0 Å². The zero-order chi connectivity index (χ0) is 13.5. The van der Waals surface area contributed by atoms with Crippen molar-refractivity contribution >= 4 is 0 Å². The van der Waals surface area contributed by atoms with Gasteiger partial charge in [0.15, 0.2) is 0 Å². The van der Waals surface area contributed by atoms with Crippen LogP contribution >= 0.6 is 0 Å². The molecule has 1 fully saturated rings. The third kappa shape index (κ3) is 4.96. The third-order valence-corrected chi connectivity index (χ3v) is 4.08. The van der Waals surface area contributed by atoms with E-state index >= 15 is 0 Å². The van der Waals surface area contributed by atoms with Crippen LogP contribution in [0.3, 0.4) is 0 Å². The van der Waals surface area contributed by atoms with Gasteiger partial charge in [0.25, 0.3) is 0 Å². The number of nitrogens with one attached hydrogen (secondary N) is 1. The van der Waals surface area contributed by atoms with Gasteiger partial charge in [0.05, 0.1) is 0 Å². The molecule has 1 aliphatic heterocycles. The van der Waals surface area contributed by atoms with E-state index in [1.807, 2.05) is 0 Å². The predicted octanol–water partition coefficient (Wildman–Crippen LogP) is 2.72. The molecule has 1 aliphatic rings. The summed E-state index contributed by atoms with van der Waals surface area (Å²) in [6, 6.07) is 9.19. The highest BCUT2D eigenvalue weighted by atomic mass is 15.1. The lowest BCUT2D eigenvalue weighted by atomic mass is 10.1. The van der Waals surface area contributed by atoms with Crippen LogP contribution in [0, 0.1) is 5.92 Å². The van der Waals surface area contributed by atoms with Crippen LogP contribution in [0.1, 0.15) is 30.9 Å². The Morgan fingerprint density at radius 3 is 2.42 bits per heavy atom. The minimum absolute atomic E-state index is 0.858. The highest BCUT2D eigenvalue weighted by molar-refractivity contribution is 5.22. The van der Waals surface area contributed by atoms with E-state index in [-0.39, 0.29) is 0 Å². The fourth-order valence-electron chi connectivity index (χ4n) is 2.88. The van der Waals surface area contributed by atoms with Crippen molar-refractivity contribution in [3.05, 3.63) is 35.4 Å². The Kier molecular flexibility index (Phi) is 5.87. The van der Waals surface area contributed by atoms with E-state index in [0.29, 0.717) is 0 Å². The molecular weight excluding hydrogens is 232 g/mol. The number of hydrogen-bond acceptors (Lipinski definition) is 2. The Morgan fingerprint density at radius 2 is 1.84 bits per heavy atom. The van der Waals surface area contributed by atoms with Crippen LogP contribution in [-0.4, -0.2) is 38.1 Å².